The van der Waals surface area contributed by atoms with E-state index in [1.807, 2.05) is 27.7 Å². The number of carbonyl (C=O) groups is 2. The van der Waals surface area contributed by atoms with Gasteiger partial charge in [-0.1, -0.05) is 6.92 Å². The van der Waals surface area contributed by atoms with Crippen molar-refractivity contribution in [2.24, 2.45) is 0 Å². The Morgan fingerprint density at radius 2 is 1.92 bits per heavy atom. The third-order valence-electron chi connectivity index (χ3n) is 1.06. The molecule has 0 spiro atoms. The first-order valence-corrected chi connectivity index (χ1v) is 4.54. The quantitative estimate of drug-likeness (QED) is 0.637. The van der Waals surface area contributed by atoms with Crippen molar-refractivity contribution in [2.75, 3.05) is 6.54 Å². The van der Waals surface area contributed by atoms with Crippen molar-refractivity contribution in [1.82, 2.24) is 10.6 Å². The van der Waals surface area contributed by atoms with E-state index < -0.39 is 0 Å². The van der Waals surface area contributed by atoms with Crippen molar-refractivity contribution in [1.29, 1.82) is 0 Å². The molecule has 0 saturated heterocycles. The highest BCUT2D eigenvalue weighted by atomic mass is 16.1. The van der Waals surface area contributed by atoms with Gasteiger partial charge in [0, 0.05) is 19.0 Å². The van der Waals surface area contributed by atoms with Gasteiger partial charge < -0.3 is 10.6 Å². The van der Waals surface area contributed by atoms with Crippen LogP contribution in [0.15, 0.2) is 0 Å². The fraction of sp³-hybridized carbons (Fsp3) is 0.778. The van der Waals surface area contributed by atoms with E-state index in [1.54, 1.807) is 0 Å². The minimum Gasteiger partial charge on any atom is -0.359 e. The first kappa shape index (κ1) is 14.5. The molecule has 4 nitrogen and oxygen atoms in total. The molecule has 0 aliphatic carbocycles. The number of rotatable bonds is 4. The molecule has 0 aromatic carbocycles. The number of amides is 2. The summed E-state index contributed by atoms with van der Waals surface area (Å²) in [6, 6.07) is 0.280. The summed E-state index contributed by atoms with van der Waals surface area (Å²) in [5.41, 5.74) is 0. The van der Waals surface area contributed by atoms with Crippen LogP contribution in [-0.2, 0) is 9.59 Å². The summed E-state index contributed by atoms with van der Waals surface area (Å²) >= 11 is 0. The molecule has 0 unspecified atom stereocenters. The Bertz CT molecular complexity index is 136. The average molecular weight is 188 g/mol. The SMILES string of the molecule is CCC(=O)NC(C)C.CCNC=O. The molecule has 0 aliphatic heterocycles. The summed E-state index contributed by atoms with van der Waals surface area (Å²) in [6.07, 6.45) is 1.26. The smallest absolute Gasteiger partial charge is 0.219 e. The van der Waals surface area contributed by atoms with Gasteiger partial charge >= 0.3 is 0 Å². The molecule has 2 amide bonds. The van der Waals surface area contributed by atoms with E-state index in [-0.39, 0.29) is 11.9 Å². The summed E-state index contributed by atoms with van der Waals surface area (Å²) in [4.78, 5) is 19.8. The highest BCUT2D eigenvalue weighted by Crippen LogP contribution is 1.79. The maximum atomic E-state index is 10.5. The molecule has 0 rings (SSSR count). The van der Waals surface area contributed by atoms with Crippen molar-refractivity contribution in [3.05, 3.63) is 0 Å². The fourth-order valence-corrected chi connectivity index (χ4v) is 0.507. The van der Waals surface area contributed by atoms with Gasteiger partial charge in [-0.25, -0.2) is 0 Å². The Morgan fingerprint density at radius 1 is 1.38 bits per heavy atom. The largest absolute Gasteiger partial charge is 0.359 e. The van der Waals surface area contributed by atoms with Gasteiger partial charge in [-0.3, -0.25) is 9.59 Å². The lowest BCUT2D eigenvalue weighted by molar-refractivity contribution is -0.121. The Balaban J connectivity index is 0. The zero-order chi connectivity index (χ0) is 10.7. The van der Waals surface area contributed by atoms with E-state index in [1.165, 1.54) is 0 Å². The Hall–Kier alpha value is -1.06. The molecule has 4 heteroatoms. The van der Waals surface area contributed by atoms with E-state index in [2.05, 4.69) is 10.6 Å². The molecule has 78 valence electrons. The topological polar surface area (TPSA) is 58.2 Å². The summed E-state index contributed by atoms with van der Waals surface area (Å²) in [5.74, 6) is 0.125. The van der Waals surface area contributed by atoms with E-state index in [4.69, 9.17) is 0 Å². The standard InChI is InChI=1S/C6H13NO.C3H7NO/c1-4-6(8)7-5(2)3;1-2-4-3-5/h5H,4H2,1-3H3,(H,7,8);3H,2H2,1H3,(H,4,5). The normalized spacial score (nSPS) is 8.38. The molecule has 0 bridgehead atoms. The van der Waals surface area contributed by atoms with Gasteiger partial charge in [-0.2, -0.15) is 0 Å². The van der Waals surface area contributed by atoms with Gasteiger partial charge in [-0.15, -0.1) is 0 Å². The van der Waals surface area contributed by atoms with E-state index in [0.29, 0.717) is 12.8 Å². The molecule has 0 aliphatic rings. The second-order valence-corrected chi connectivity index (χ2v) is 2.75. The predicted octanol–water partition coefficient (Wildman–Crippen LogP) is 0.673. The van der Waals surface area contributed by atoms with Crippen LogP contribution in [0.3, 0.4) is 0 Å². The third-order valence-corrected chi connectivity index (χ3v) is 1.06. The summed E-state index contributed by atoms with van der Waals surface area (Å²) in [5, 5.41) is 5.18. The van der Waals surface area contributed by atoms with Crippen molar-refractivity contribution in [3.8, 4) is 0 Å². The molecule has 0 aromatic heterocycles. The first-order valence-electron chi connectivity index (χ1n) is 4.54. The first-order chi connectivity index (χ1) is 6.08. The van der Waals surface area contributed by atoms with E-state index >= 15 is 0 Å². The molecule has 0 heterocycles. The van der Waals surface area contributed by atoms with Crippen LogP contribution in [0.5, 0.6) is 0 Å². The van der Waals surface area contributed by atoms with Crippen LogP contribution < -0.4 is 10.6 Å². The lowest BCUT2D eigenvalue weighted by Crippen LogP contribution is -2.29. The Morgan fingerprint density at radius 3 is 2.00 bits per heavy atom. The summed E-state index contributed by atoms with van der Waals surface area (Å²) < 4.78 is 0. The molecular weight excluding hydrogens is 168 g/mol. The molecule has 2 N–H and O–H groups in total. The lowest BCUT2D eigenvalue weighted by atomic mass is 10.3. The van der Waals surface area contributed by atoms with Crippen molar-refractivity contribution >= 4 is 12.3 Å². The van der Waals surface area contributed by atoms with Crippen molar-refractivity contribution in [2.45, 2.75) is 40.2 Å². The van der Waals surface area contributed by atoms with E-state index in [9.17, 15) is 9.59 Å². The second kappa shape index (κ2) is 10.9. The maximum Gasteiger partial charge on any atom is 0.219 e. The zero-order valence-electron chi connectivity index (χ0n) is 8.89. The fourth-order valence-electron chi connectivity index (χ4n) is 0.507. The predicted molar refractivity (Wildman–Crippen MR) is 53.3 cm³/mol. The van der Waals surface area contributed by atoms with Gasteiger partial charge in [0.05, 0.1) is 0 Å². The molecule has 0 fully saturated rings. The van der Waals surface area contributed by atoms with Crippen LogP contribution in [0.2, 0.25) is 0 Å². The third kappa shape index (κ3) is 18.2. The number of hydrogen-bond acceptors (Lipinski definition) is 2. The van der Waals surface area contributed by atoms with Crippen LogP contribution in [0, 0.1) is 0 Å². The minimum atomic E-state index is 0.125. The van der Waals surface area contributed by atoms with Gasteiger partial charge in [-0.05, 0) is 20.8 Å². The number of hydrogen-bond donors (Lipinski definition) is 2. The monoisotopic (exact) mass is 188 g/mol. The summed E-state index contributed by atoms with van der Waals surface area (Å²) in [6.45, 7) is 8.34. The van der Waals surface area contributed by atoms with E-state index in [0.717, 1.165) is 6.54 Å². The average Bonchev–Trinajstić information content (AvgIpc) is 2.06. The van der Waals surface area contributed by atoms with Gasteiger partial charge in [0.1, 0.15) is 0 Å². The Kier molecular flexibility index (Phi) is 12.2. The summed E-state index contributed by atoms with van der Waals surface area (Å²) in [7, 11) is 0. The molecule has 0 atom stereocenters. The van der Waals surface area contributed by atoms with Crippen LogP contribution >= 0.6 is 0 Å². The lowest BCUT2D eigenvalue weighted by Gasteiger charge is -2.04. The molecule has 13 heavy (non-hydrogen) atoms. The molecule has 0 radical (unpaired) electrons. The van der Waals surface area contributed by atoms with Crippen LogP contribution in [0.1, 0.15) is 34.1 Å². The number of carbonyl (C=O) groups excluding carboxylic acids is 2. The molecular formula is C9H20N2O2. The highest BCUT2D eigenvalue weighted by molar-refractivity contribution is 5.75. The zero-order valence-corrected chi connectivity index (χ0v) is 8.89. The second-order valence-electron chi connectivity index (χ2n) is 2.75. The highest BCUT2D eigenvalue weighted by Gasteiger charge is 1.96. The molecule has 0 aromatic rings. The van der Waals surface area contributed by atoms with Crippen molar-refractivity contribution < 1.29 is 9.59 Å². The van der Waals surface area contributed by atoms with Gasteiger partial charge in [0.2, 0.25) is 12.3 Å². The van der Waals surface area contributed by atoms with Crippen LogP contribution in [0.4, 0.5) is 0 Å². The minimum absolute atomic E-state index is 0.125. The Labute approximate surface area is 80.1 Å². The van der Waals surface area contributed by atoms with Crippen molar-refractivity contribution in [3.63, 3.8) is 0 Å². The van der Waals surface area contributed by atoms with Gasteiger partial charge in [0.15, 0.2) is 0 Å². The van der Waals surface area contributed by atoms with Gasteiger partial charge in [0.25, 0.3) is 0 Å². The molecule has 0 saturated carbocycles. The van der Waals surface area contributed by atoms with Crippen LogP contribution in [-0.4, -0.2) is 24.9 Å². The van der Waals surface area contributed by atoms with Crippen LogP contribution in [0.25, 0.3) is 0 Å². The number of nitrogens with one attached hydrogen (secondary N) is 2. The maximum absolute atomic E-state index is 10.5.